The quantitative estimate of drug-likeness (QED) is 0.900. The summed E-state index contributed by atoms with van der Waals surface area (Å²) in [6.45, 7) is 6.52. The summed E-state index contributed by atoms with van der Waals surface area (Å²) in [4.78, 5) is 1.93. The van der Waals surface area contributed by atoms with Gasteiger partial charge in [0.25, 0.3) is 0 Å². The summed E-state index contributed by atoms with van der Waals surface area (Å²) in [5.74, 6) is -0.724. The van der Waals surface area contributed by atoms with E-state index >= 15 is 0 Å². The summed E-state index contributed by atoms with van der Waals surface area (Å²) in [6.07, 6.45) is 0. The number of hydrogen-bond donors (Lipinski definition) is 1. The first-order valence-electron chi connectivity index (χ1n) is 7.12. The molecule has 1 aliphatic rings. The van der Waals surface area contributed by atoms with Gasteiger partial charge in [0.2, 0.25) is 10.0 Å². The zero-order valence-corrected chi connectivity index (χ0v) is 13.2. The number of nitrogens with zero attached hydrogens (tertiary/aromatic N) is 2. The van der Waals surface area contributed by atoms with Gasteiger partial charge in [0.05, 0.1) is 0 Å². The molecule has 1 saturated heterocycles. The Bertz CT molecular complexity index is 606. The molecular formula is C14H22FN3O2S. The molecule has 2 N–H and O–H groups in total. The predicted octanol–water partition coefficient (Wildman–Crippen LogP) is 0.999. The minimum absolute atomic E-state index is 0.124. The van der Waals surface area contributed by atoms with Crippen LogP contribution in [0.3, 0.4) is 0 Å². The maximum atomic E-state index is 13.9. The van der Waals surface area contributed by atoms with Gasteiger partial charge in [0.1, 0.15) is 10.7 Å². The van der Waals surface area contributed by atoms with E-state index in [0.29, 0.717) is 25.2 Å². The SMILES string of the molecule is CCN1CCN(S(=O)(=O)c2cc(CN)ccc2F)CC1C. The van der Waals surface area contributed by atoms with Crippen molar-refractivity contribution in [1.82, 2.24) is 9.21 Å². The van der Waals surface area contributed by atoms with E-state index in [1.54, 1.807) is 0 Å². The van der Waals surface area contributed by atoms with Gasteiger partial charge < -0.3 is 5.73 Å². The Morgan fingerprint density at radius 3 is 2.67 bits per heavy atom. The van der Waals surface area contributed by atoms with Crippen LogP contribution in [0.15, 0.2) is 23.1 Å². The third-order valence-corrected chi connectivity index (χ3v) is 5.86. The van der Waals surface area contributed by atoms with Crippen molar-refractivity contribution in [3.8, 4) is 0 Å². The topological polar surface area (TPSA) is 66.6 Å². The number of rotatable bonds is 4. The Hall–Kier alpha value is -1.02. The summed E-state index contributed by atoms with van der Waals surface area (Å²) in [5, 5.41) is 0. The van der Waals surface area contributed by atoms with Crippen LogP contribution in [0, 0.1) is 5.82 Å². The van der Waals surface area contributed by atoms with Gasteiger partial charge in [-0.2, -0.15) is 4.31 Å². The molecule has 1 aromatic carbocycles. The van der Waals surface area contributed by atoms with E-state index in [2.05, 4.69) is 4.90 Å². The number of piperazine rings is 1. The van der Waals surface area contributed by atoms with Gasteiger partial charge in [-0.15, -0.1) is 0 Å². The van der Waals surface area contributed by atoms with Crippen LogP contribution >= 0.6 is 0 Å². The van der Waals surface area contributed by atoms with E-state index in [1.165, 1.54) is 22.5 Å². The fraction of sp³-hybridized carbons (Fsp3) is 0.571. The molecule has 0 aromatic heterocycles. The zero-order chi connectivity index (χ0) is 15.6. The first-order valence-corrected chi connectivity index (χ1v) is 8.56. The molecule has 0 aliphatic carbocycles. The van der Waals surface area contributed by atoms with Crippen molar-refractivity contribution < 1.29 is 12.8 Å². The van der Waals surface area contributed by atoms with Gasteiger partial charge >= 0.3 is 0 Å². The monoisotopic (exact) mass is 315 g/mol. The van der Waals surface area contributed by atoms with Gasteiger partial charge in [-0.05, 0) is 31.2 Å². The average molecular weight is 315 g/mol. The lowest BCUT2D eigenvalue weighted by Gasteiger charge is -2.38. The summed E-state index contributed by atoms with van der Waals surface area (Å²) >= 11 is 0. The van der Waals surface area contributed by atoms with Crippen molar-refractivity contribution in [2.24, 2.45) is 5.73 Å². The maximum absolute atomic E-state index is 13.9. The second kappa shape index (κ2) is 6.39. The highest BCUT2D eigenvalue weighted by molar-refractivity contribution is 7.89. The van der Waals surface area contributed by atoms with Gasteiger partial charge in [-0.1, -0.05) is 13.0 Å². The van der Waals surface area contributed by atoms with E-state index in [9.17, 15) is 12.8 Å². The molecule has 0 amide bonds. The van der Waals surface area contributed by atoms with E-state index in [4.69, 9.17) is 5.73 Å². The zero-order valence-electron chi connectivity index (χ0n) is 12.4. The van der Waals surface area contributed by atoms with Gasteiger partial charge in [-0.3, -0.25) is 4.90 Å². The molecule has 1 aromatic rings. The average Bonchev–Trinajstić information content (AvgIpc) is 2.47. The molecule has 1 atom stereocenters. The Morgan fingerprint density at radius 2 is 2.10 bits per heavy atom. The lowest BCUT2D eigenvalue weighted by molar-refractivity contribution is 0.135. The minimum Gasteiger partial charge on any atom is -0.326 e. The van der Waals surface area contributed by atoms with Gasteiger partial charge in [0, 0.05) is 32.2 Å². The van der Waals surface area contributed by atoms with E-state index in [1.807, 2.05) is 13.8 Å². The van der Waals surface area contributed by atoms with Gasteiger partial charge in [-0.25, -0.2) is 12.8 Å². The molecule has 1 fully saturated rings. The first kappa shape index (κ1) is 16.4. The van der Waals surface area contributed by atoms with Crippen molar-refractivity contribution >= 4 is 10.0 Å². The summed E-state index contributed by atoms with van der Waals surface area (Å²) in [7, 11) is -3.81. The van der Waals surface area contributed by atoms with Crippen molar-refractivity contribution in [3.63, 3.8) is 0 Å². The molecule has 7 heteroatoms. The lowest BCUT2D eigenvalue weighted by atomic mass is 10.2. The molecule has 21 heavy (non-hydrogen) atoms. The van der Waals surface area contributed by atoms with Crippen molar-refractivity contribution in [2.45, 2.75) is 31.3 Å². The Labute approximate surface area is 125 Å². The smallest absolute Gasteiger partial charge is 0.246 e. The van der Waals surface area contributed by atoms with Crippen LogP contribution in [-0.2, 0) is 16.6 Å². The highest BCUT2D eigenvalue weighted by Gasteiger charge is 2.33. The number of halogens is 1. The van der Waals surface area contributed by atoms with Crippen molar-refractivity contribution in [2.75, 3.05) is 26.2 Å². The van der Waals surface area contributed by atoms with E-state index < -0.39 is 15.8 Å². The van der Waals surface area contributed by atoms with E-state index in [-0.39, 0.29) is 17.5 Å². The van der Waals surface area contributed by atoms with Crippen LogP contribution in [-0.4, -0.2) is 49.8 Å². The van der Waals surface area contributed by atoms with Crippen LogP contribution in [0.4, 0.5) is 4.39 Å². The number of hydrogen-bond acceptors (Lipinski definition) is 4. The van der Waals surface area contributed by atoms with E-state index in [0.717, 1.165) is 6.54 Å². The first-order chi connectivity index (χ1) is 9.90. The number of sulfonamides is 1. The van der Waals surface area contributed by atoms with Crippen molar-refractivity contribution in [3.05, 3.63) is 29.6 Å². The molecule has 0 spiro atoms. The third-order valence-electron chi connectivity index (χ3n) is 3.98. The highest BCUT2D eigenvalue weighted by atomic mass is 32.2. The van der Waals surface area contributed by atoms with Gasteiger partial charge in [0.15, 0.2) is 0 Å². The fourth-order valence-corrected chi connectivity index (χ4v) is 4.29. The summed E-state index contributed by atoms with van der Waals surface area (Å²) in [5.41, 5.74) is 6.12. The molecule has 5 nitrogen and oxygen atoms in total. The molecule has 0 radical (unpaired) electrons. The molecule has 118 valence electrons. The summed E-state index contributed by atoms with van der Waals surface area (Å²) < 4.78 is 40.6. The number of likely N-dealkylation sites (N-methyl/N-ethyl adjacent to an activating group) is 1. The van der Waals surface area contributed by atoms with Crippen LogP contribution in [0.1, 0.15) is 19.4 Å². The molecular weight excluding hydrogens is 293 g/mol. The largest absolute Gasteiger partial charge is 0.326 e. The molecule has 2 rings (SSSR count). The Kier molecular flexibility index (Phi) is 4.98. The maximum Gasteiger partial charge on any atom is 0.246 e. The predicted molar refractivity (Wildman–Crippen MR) is 79.8 cm³/mol. The highest BCUT2D eigenvalue weighted by Crippen LogP contribution is 2.23. The third kappa shape index (κ3) is 3.26. The Balaban J connectivity index is 2.31. The van der Waals surface area contributed by atoms with Crippen LogP contribution in [0.5, 0.6) is 0 Å². The molecule has 0 saturated carbocycles. The molecule has 1 heterocycles. The molecule has 1 unspecified atom stereocenters. The lowest BCUT2D eigenvalue weighted by Crippen LogP contribution is -2.53. The van der Waals surface area contributed by atoms with Crippen LogP contribution < -0.4 is 5.73 Å². The number of nitrogens with two attached hydrogens (primary N) is 1. The Morgan fingerprint density at radius 1 is 1.38 bits per heavy atom. The normalized spacial score (nSPS) is 21.6. The van der Waals surface area contributed by atoms with Crippen LogP contribution in [0.2, 0.25) is 0 Å². The second-order valence-electron chi connectivity index (χ2n) is 5.31. The standard InChI is InChI=1S/C14H22FN3O2S/c1-3-17-6-7-18(10-11(17)2)21(19,20)14-8-12(9-16)4-5-13(14)15/h4-5,8,11H,3,6-7,9-10,16H2,1-2H3. The van der Waals surface area contributed by atoms with Crippen LogP contribution in [0.25, 0.3) is 0 Å². The number of benzene rings is 1. The molecule has 0 bridgehead atoms. The summed E-state index contributed by atoms with van der Waals surface area (Å²) in [6, 6.07) is 4.13. The van der Waals surface area contributed by atoms with Crippen molar-refractivity contribution in [1.29, 1.82) is 0 Å². The second-order valence-corrected chi connectivity index (χ2v) is 7.22. The minimum atomic E-state index is -3.81. The fourth-order valence-electron chi connectivity index (χ4n) is 2.66. The molecule has 1 aliphatic heterocycles.